The molecule has 2 N–H and O–H groups in total. The van der Waals surface area contributed by atoms with Crippen LogP contribution in [-0.4, -0.2) is 67.5 Å². The molecule has 3 aliphatic rings. The molecule has 2 aliphatic carbocycles. The zero-order valence-electron chi connectivity index (χ0n) is 23.7. The van der Waals surface area contributed by atoms with E-state index in [0.29, 0.717) is 28.5 Å². The number of allylic oxidation sites excluding steroid dienone is 1. The summed E-state index contributed by atoms with van der Waals surface area (Å²) in [6.07, 6.45) is 7.20. The van der Waals surface area contributed by atoms with Crippen molar-refractivity contribution < 1.29 is 5.11 Å². The van der Waals surface area contributed by atoms with E-state index in [1.165, 1.54) is 5.69 Å². The Morgan fingerprint density at radius 2 is 1.83 bits per heavy atom. The van der Waals surface area contributed by atoms with Gasteiger partial charge in [-0.3, -0.25) is 4.79 Å². The lowest BCUT2D eigenvalue weighted by Crippen LogP contribution is -2.45. The maximum absolute atomic E-state index is 13.4. The van der Waals surface area contributed by atoms with Crippen LogP contribution in [0.2, 0.25) is 0 Å². The molecule has 0 amide bonds. The number of nitrogens with one attached hydrogen (secondary N) is 1. The Bertz CT molecular complexity index is 1690. The van der Waals surface area contributed by atoms with Crippen LogP contribution >= 0.6 is 0 Å². The van der Waals surface area contributed by atoms with Crippen molar-refractivity contribution >= 4 is 28.4 Å². The quantitative estimate of drug-likeness (QED) is 0.350. The van der Waals surface area contributed by atoms with Gasteiger partial charge in [0.25, 0.3) is 5.56 Å². The van der Waals surface area contributed by atoms with Gasteiger partial charge in [0, 0.05) is 49.2 Å². The number of rotatable bonds is 6. The van der Waals surface area contributed by atoms with Crippen LogP contribution in [0.15, 0.2) is 60.0 Å². The number of nitrogens with zero attached hydrogens (tertiary/aromatic N) is 7. The molecule has 1 atom stereocenters. The Kier molecular flexibility index (Phi) is 6.02. The minimum Gasteiger partial charge on any atom is -0.383 e. The Balaban J connectivity index is 1.24. The number of pyridine rings is 1. The number of aromatic nitrogens is 5. The van der Waals surface area contributed by atoms with Crippen molar-refractivity contribution in [2.24, 2.45) is 5.41 Å². The maximum Gasteiger partial charge on any atom is 0.278 e. The minimum atomic E-state index is -1.01. The fraction of sp³-hybridized carbons (Fsp3) is 0.419. The summed E-state index contributed by atoms with van der Waals surface area (Å²) in [4.78, 5) is 32.4. The molecule has 212 valence electrons. The largest absolute Gasteiger partial charge is 0.383 e. The molecule has 1 unspecified atom stereocenters. The number of hydrogen-bond donors (Lipinski definition) is 2. The highest BCUT2D eigenvalue weighted by molar-refractivity contribution is 5.77. The highest BCUT2D eigenvalue weighted by Gasteiger charge is 2.58. The maximum atomic E-state index is 13.4. The summed E-state index contributed by atoms with van der Waals surface area (Å²) in [5.74, 6) is 0.923. The van der Waals surface area contributed by atoms with E-state index in [2.05, 4.69) is 45.9 Å². The van der Waals surface area contributed by atoms with Crippen molar-refractivity contribution in [1.82, 2.24) is 29.2 Å². The van der Waals surface area contributed by atoms with Crippen LogP contribution in [0.5, 0.6) is 0 Å². The van der Waals surface area contributed by atoms with Gasteiger partial charge < -0.3 is 20.2 Å². The topological polar surface area (TPSA) is 104 Å². The van der Waals surface area contributed by atoms with Crippen molar-refractivity contribution in [3.05, 3.63) is 76.9 Å². The van der Waals surface area contributed by atoms with Crippen LogP contribution < -0.4 is 15.8 Å². The summed E-state index contributed by atoms with van der Waals surface area (Å²) in [6.45, 7) is 10.1. The smallest absolute Gasteiger partial charge is 0.278 e. The molecule has 10 heteroatoms. The number of hydrogen-bond acceptors (Lipinski definition) is 8. The zero-order chi connectivity index (χ0) is 28.4. The second-order valence-electron chi connectivity index (χ2n) is 11.9. The third kappa shape index (κ3) is 4.07. The van der Waals surface area contributed by atoms with Gasteiger partial charge in [-0.15, -0.1) is 6.58 Å². The molecule has 1 saturated carbocycles. The van der Waals surface area contributed by atoms with Gasteiger partial charge in [-0.2, -0.15) is 4.98 Å². The average Bonchev–Trinajstić information content (AvgIpc) is 3.36. The highest BCUT2D eigenvalue weighted by atomic mass is 16.3. The van der Waals surface area contributed by atoms with Crippen LogP contribution in [0.1, 0.15) is 37.4 Å². The van der Waals surface area contributed by atoms with E-state index >= 15 is 0 Å². The van der Waals surface area contributed by atoms with Crippen LogP contribution in [0.4, 0.5) is 17.3 Å². The molecule has 1 spiro atoms. The average molecular weight is 553 g/mol. The number of aliphatic hydroxyl groups is 1. The van der Waals surface area contributed by atoms with E-state index < -0.39 is 5.60 Å². The minimum absolute atomic E-state index is 0.139. The van der Waals surface area contributed by atoms with Crippen molar-refractivity contribution in [1.29, 1.82) is 0 Å². The van der Waals surface area contributed by atoms with Crippen LogP contribution in [0.3, 0.4) is 0 Å². The molecule has 41 heavy (non-hydrogen) atoms. The van der Waals surface area contributed by atoms with Gasteiger partial charge >= 0.3 is 0 Å². The monoisotopic (exact) mass is 552 g/mol. The molecule has 10 nitrogen and oxygen atoms in total. The van der Waals surface area contributed by atoms with Gasteiger partial charge in [-0.1, -0.05) is 18.6 Å². The van der Waals surface area contributed by atoms with Crippen LogP contribution in [0, 0.1) is 5.41 Å². The summed E-state index contributed by atoms with van der Waals surface area (Å²) >= 11 is 0. The number of fused-ring (bicyclic) bond motifs is 2. The lowest BCUT2D eigenvalue weighted by atomic mass is 9.60. The lowest BCUT2D eigenvalue weighted by Gasteiger charge is -2.47. The Labute approximate surface area is 238 Å². The molecular weight excluding hydrogens is 516 g/mol. The summed E-state index contributed by atoms with van der Waals surface area (Å²) < 4.78 is 3.29. The van der Waals surface area contributed by atoms with Crippen molar-refractivity contribution in [2.45, 2.75) is 44.8 Å². The number of piperazine rings is 1. The molecule has 4 heterocycles. The first kappa shape index (κ1) is 25.9. The van der Waals surface area contributed by atoms with Gasteiger partial charge in [-0.05, 0) is 69.1 Å². The van der Waals surface area contributed by atoms with Gasteiger partial charge in [0.2, 0.25) is 5.95 Å². The van der Waals surface area contributed by atoms with Crippen LogP contribution in [-0.2, 0) is 18.6 Å². The van der Waals surface area contributed by atoms with E-state index in [1.807, 2.05) is 31.2 Å². The summed E-state index contributed by atoms with van der Waals surface area (Å²) in [7, 11) is 2.15. The van der Waals surface area contributed by atoms with Crippen molar-refractivity contribution in [2.75, 3.05) is 43.4 Å². The Hall–Kier alpha value is -4.02. The number of anilines is 3. The summed E-state index contributed by atoms with van der Waals surface area (Å²) in [6, 6.07) is 12.2. The fourth-order valence-corrected chi connectivity index (χ4v) is 6.77. The van der Waals surface area contributed by atoms with E-state index in [9.17, 15) is 9.90 Å². The van der Waals surface area contributed by atoms with Crippen molar-refractivity contribution in [3.63, 3.8) is 0 Å². The Morgan fingerprint density at radius 1 is 1.07 bits per heavy atom. The van der Waals surface area contributed by atoms with E-state index in [0.717, 1.165) is 63.1 Å². The second kappa shape index (κ2) is 9.53. The standard InChI is InChI=1S/C31H36N8O2/c1-4-14-38-28(40)24-20-32-29(33-22-7-9-23(10-8-22)37-17-15-36(3)16-18-37)35-27(24)39(38)25-11-6-21-19-31(12-5-13-31)30(2,41)26(21)34-25/h4,6-11,20,41H,1,5,12-19H2,2-3H3,(H,32,33,35). The molecule has 3 aromatic heterocycles. The summed E-state index contributed by atoms with van der Waals surface area (Å²) in [5, 5.41) is 15.3. The van der Waals surface area contributed by atoms with E-state index in [1.54, 1.807) is 21.6 Å². The third-order valence-electron chi connectivity index (χ3n) is 9.48. The predicted molar refractivity (Wildman–Crippen MR) is 160 cm³/mol. The third-order valence-corrected chi connectivity index (χ3v) is 9.48. The number of benzene rings is 1. The second-order valence-corrected chi connectivity index (χ2v) is 11.9. The zero-order valence-corrected chi connectivity index (χ0v) is 23.7. The molecule has 4 aromatic rings. The van der Waals surface area contributed by atoms with E-state index in [4.69, 9.17) is 9.97 Å². The van der Waals surface area contributed by atoms with E-state index in [-0.39, 0.29) is 17.5 Å². The first-order valence-corrected chi connectivity index (χ1v) is 14.4. The Morgan fingerprint density at radius 3 is 2.51 bits per heavy atom. The van der Waals surface area contributed by atoms with Gasteiger partial charge in [0.15, 0.2) is 11.5 Å². The highest BCUT2D eigenvalue weighted by Crippen LogP contribution is 2.60. The van der Waals surface area contributed by atoms with Gasteiger partial charge in [0.1, 0.15) is 11.0 Å². The van der Waals surface area contributed by atoms with Gasteiger partial charge in [0.05, 0.1) is 12.2 Å². The molecule has 1 saturated heterocycles. The van der Waals surface area contributed by atoms with Gasteiger partial charge in [-0.25, -0.2) is 19.3 Å². The molecule has 1 aromatic carbocycles. The molecule has 7 rings (SSSR count). The fourth-order valence-electron chi connectivity index (χ4n) is 6.77. The predicted octanol–water partition coefficient (Wildman–Crippen LogP) is 3.59. The first-order chi connectivity index (χ1) is 19.8. The molecule has 1 aliphatic heterocycles. The van der Waals surface area contributed by atoms with Crippen molar-refractivity contribution in [3.8, 4) is 5.82 Å². The molecular formula is C31H36N8O2. The molecule has 2 fully saturated rings. The molecule has 0 bridgehead atoms. The summed E-state index contributed by atoms with van der Waals surface area (Å²) in [5.41, 5.74) is 2.91. The molecule has 0 radical (unpaired) electrons. The normalized spacial score (nSPS) is 21.7. The SMILES string of the molecule is C=CCn1c(=O)c2cnc(Nc3ccc(N4CCN(C)CC4)cc3)nc2n1-c1ccc2c(n1)C(C)(O)C1(CCC1)C2. The number of likely N-dealkylation sites (N-methyl/N-ethyl adjacent to an activating group) is 1. The lowest BCUT2D eigenvalue weighted by molar-refractivity contribution is -0.110. The van der Waals surface area contributed by atoms with Crippen LogP contribution in [0.25, 0.3) is 16.9 Å². The first-order valence-electron chi connectivity index (χ1n) is 14.4.